The summed E-state index contributed by atoms with van der Waals surface area (Å²) in [5, 5.41) is 9.42. The van der Waals surface area contributed by atoms with Gasteiger partial charge in [0.1, 0.15) is 18.1 Å². The third-order valence-electron chi connectivity index (χ3n) is 7.66. The molecule has 0 N–H and O–H groups in total. The number of hydrogen-bond donors (Lipinski definition) is 0. The maximum Gasteiger partial charge on any atom is 0.319 e. The molecule has 5 rings (SSSR count). The molecule has 2 aromatic rings. The second-order valence-electron chi connectivity index (χ2n) is 10.1. The minimum atomic E-state index is -0.307. The van der Waals surface area contributed by atoms with E-state index in [0.29, 0.717) is 50.8 Å². The summed E-state index contributed by atoms with van der Waals surface area (Å²) in [4.78, 5) is 43.1. The molecule has 38 heavy (non-hydrogen) atoms. The van der Waals surface area contributed by atoms with Crippen LogP contribution in [0.4, 0.5) is 5.82 Å². The summed E-state index contributed by atoms with van der Waals surface area (Å²) in [6.45, 7) is 7.32. The molecule has 3 aliphatic heterocycles. The van der Waals surface area contributed by atoms with Gasteiger partial charge in [-0.2, -0.15) is 15.2 Å². The summed E-state index contributed by atoms with van der Waals surface area (Å²) < 4.78 is 6.08. The van der Waals surface area contributed by atoms with Gasteiger partial charge in [-0.05, 0) is 38.1 Å². The Balaban J connectivity index is 1.44. The van der Waals surface area contributed by atoms with Gasteiger partial charge in [0, 0.05) is 37.8 Å². The number of fused-ring (bicyclic) bond motifs is 1. The van der Waals surface area contributed by atoms with E-state index in [9.17, 15) is 14.9 Å². The van der Waals surface area contributed by atoms with Crippen LogP contribution in [0.1, 0.15) is 40.9 Å². The Labute approximate surface area is 223 Å². The third kappa shape index (κ3) is 5.20. The van der Waals surface area contributed by atoms with E-state index in [0.717, 1.165) is 30.5 Å². The average Bonchev–Trinajstić information content (AvgIpc) is 3.49. The van der Waals surface area contributed by atoms with Gasteiger partial charge < -0.3 is 24.3 Å². The number of hydrogen-bond acceptors (Lipinski definition) is 8. The highest BCUT2D eigenvalue weighted by molar-refractivity contribution is 5.98. The van der Waals surface area contributed by atoms with Gasteiger partial charge in [0.2, 0.25) is 5.91 Å². The van der Waals surface area contributed by atoms with Crippen LogP contribution in [-0.2, 0) is 17.9 Å². The molecule has 2 amide bonds. The van der Waals surface area contributed by atoms with Crippen molar-refractivity contribution >= 4 is 17.6 Å². The molecule has 0 aliphatic carbocycles. The van der Waals surface area contributed by atoms with Gasteiger partial charge in [0.25, 0.3) is 5.91 Å². The van der Waals surface area contributed by atoms with Crippen LogP contribution < -0.4 is 9.64 Å². The molecule has 2 saturated heterocycles. The fraction of sp³-hybridized carbons (Fsp3) is 0.464. The van der Waals surface area contributed by atoms with Crippen molar-refractivity contribution in [1.82, 2.24) is 24.7 Å². The van der Waals surface area contributed by atoms with Crippen molar-refractivity contribution in [2.24, 2.45) is 0 Å². The van der Waals surface area contributed by atoms with Gasteiger partial charge >= 0.3 is 6.01 Å². The Bertz CT molecular complexity index is 1240. The minimum Gasteiger partial charge on any atom is -0.462 e. The Morgan fingerprint density at radius 3 is 2.74 bits per heavy atom. The van der Waals surface area contributed by atoms with Crippen LogP contribution in [0.2, 0.25) is 0 Å². The molecule has 0 saturated carbocycles. The average molecular weight is 516 g/mol. The van der Waals surface area contributed by atoms with Crippen molar-refractivity contribution in [2.75, 3.05) is 44.7 Å². The molecule has 10 nitrogen and oxygen atoms in total. The van der Waals surface area contributed by atoms with Gasteiger partial charge in [-0.1, -0.05) is 36.9 Å². The molecule has 3 aliphatic rings. The maximum atomic E-state index is 13.5. The normalized spacial score (nSPS) is 21.4. The number of carbonyl (C=O) groups is 2. The standard InChI is InChI=1S/C28H33N7O3/c1-3-24(36)35-15-14-33(17-21(35)11-12-29)26-23-18-34(16-20-8-5-4-6-9-20)27(37)25(23)30-28(31-26)38-19-22-10-7-13-32(22)2/h3-6,8-9,21-22H,1,7,10-11,13-19H2,2H3/t21-,22-/m0/s1. The molecule has 1 aromatic heterocycles. The highest BCUT2D eigenvalue weighted by Gasteiger charge is 2.37. The van der Waals surface area contributed by atoms with Crippen molar-refractivity contribution in [1.29, 1.82) is 5.26 Å². The van der Waals surface area contributed by atoms with E-state index in [2.05, 4.69) is 34.5 Å². The second-order valence-corrected chi connectivity index (χ2v) is 10.1. The fourth-order valence-electron chi connectivity index (χ4n) is 5.54. The van der Waals surface area contributed by atoms with E-state index < -0.39 is 0 Å². The lowest BCUT2D eigenvalue weighted by Gasteiger charge is -2.41. The quantitative estimate of drug-likeness (QED) is 0.493. The van der Waals surface area contributed by atoms with Crippen LogP contribution in [0, 0.1) is 11.3 Å². The molecule has 2 fully saturated rings. The van der Waals surface area contributed by atoms with Gasteiger partial charge in [-0.25, -0.2) is 0 Å². The van der Waals surface area contributed by atoms with Crippen LogP contribution in [0.15, 0.2) is 43.0 Å². The van der Waals surface area contributed by atoms with Crippen molar-refractivity contribution < 1.29 is 14.3 Å². The first-order chi connectivity index (χ1) is 18.5. The first-order valence-corrected chi connectivity index (χ1v) is 13.1. The number of piperazine rings is 1. The van der Waals surface area contributed by atoms with Crippen LogP contribution in [0.25, 0.3) is 0 Å². The number of benzene rings is 1. The van der Waals surface area contributed by atoms with Gasteiger partial charge in [0.15, 0.2) is 0 Å². The number of nitrogens with zero attached hydrogens (tertiary/aromatic N) is 7. The lowest BCUT2D eigenvalue weighted by molar-refractivity contribution is -0.128. The molecular weight excluding hydrogens is 482 g/mol. The zero-order chi connectivity index (χ0) is 26.6. The zero-order valence-corrected chi connectivity index (χ0v) is 21.8. The summed E-state index contributed by atoms with van der Waals surface area (Å²) in [5.74, 6) is 0.304. The van der Waals surface area contributed by atoms with Crippen molar-refractivity contribution in [3.8, 4) is 12.1 Å². The summed E-state index contributed by atoms with van der Waals surface area (Å²) in [6.07, 6.45) is 3.66. The number of nitriles is 1. The molecule has 0 radical (unpaired) electrons. The number of likely N-dealkylation sites (tertiary alicyclic amines) is 1. The Kier molecular flexibility index (Phi) is 7.56. The summed E-state index contributed by atoms with van der Waals surface area (Å²) in [5.41, 5.74) is 2.16. The first kappa shape index (κ1) is 25.7. The van der Waals surface area contributed by atoms with E-state index >= 15 is 0 Å². The molecule has 10 heteroatoms. The maximum absolute atomic E-state index is 13.5. The van der Waals surface area contributed by atoms with Crippen LogP contribution in [0.3, 0.4) is 0 Å². The number of anilines is 1. The molecule has 2 atom stereocenters. The Morgan fingerprint density at radius 2 is 2.03 bits per heavy atom. The van der Waals surface area contributed by atoms with Gasteiger partial charge in [-0.15, -0.1) is 0 Å². The number of rotatable bonds is 8. The van der Waals surface area contributed by atoms with Crippen LogP contribution in [0.5, 0.6) is 6.01 Å². The van der Waals surface area contributed by atoms with Crippen molar-refractivity contribution in [3.05, 3.63) is 59.8 Å². The molecular formula is C28H33N7O3. The van der Waals surface area contributed by atoms with Crippen LogP contribution >= 0.6 is 0 Å². The first-order valence-electron chi connectivity index (χ1n) is 13.1. The Hall–Kier alpha value is -3.97. The largest absolute Gasteiger partial charge is 0.462 e. The van der Waals surface area contributed by atoms with E-state index in [1.165, 1.54) is 6.08 Å². The van der Waals surface area contributed by atoms with Gasteiger partial charge in [-0.3, -0.25) is 9.59 Å². The smallest absolute Gasteiger partial charge is 0.319 e. The molecule has 0 spiro atoms. The van der Waals surface area contributed by atoms with E-state index in [1.807, 2.05) is 30.3 Å². The van der Waals surface area contributed by atoms with Crippen molar-refractivity contribution in [3.63, 3.8) is 0 Å². The number of carbonyl (C=O) groups excluding carboxylic acids is 2. The molecule has 0 unspecified atom stereocenters. The monoisotopic (exact) mass is 515 g/mol. The number of amides is 2. The summed E-state index contributed by atoms with van der Waals surface area (Å²) in [6, 6.07) is 12.2. The lowest BCUT2D eigenvalue weighted by atomic mass is 10.1. The predicted molar refractivity (Wildman–Crippen MR) is 141 cm³/mol. The van der Waals surface area contributed by atoms with E-state index in [-0.39, 0.29) is 36.3 Å². The molecule has 1 aromatic carbocycles. The van der Waals surface area contributed by atoms with E-state index in [1.54, 1.807) is 9.80 Å². The molecule has 198 valence electrons. The van der Waals surface area contributed by atoms with E-state index in [4.69, 9.17) is 9.72 Å². The van der Waals surface area contributed by atoms with Gasteiger partial charge in [0.05, 0.1) is 25.1 Å². The fourth-order valence-corrected chi connectivity index (χ4v) is 5.54. The summed E-state index contributed by atoms with van der Waals surface area (Å²) in [7, 11) is 2.08. The number of likely N-dealkylation sites (N-methyl/N-ethyl adjacent to an activating group) is 1. The van der Waals surface area contributed by atoms with Crippen molar-refractivity contribution in [2.45, 2.75) is 44.4 Å². The van der Waals surface area contributed by atoms with Crippen LogP contribution in [-0.4, -0.2) is 88.4 Å². The Morgan fingerprint density at radius 1 is 1.21 bits per heavy atom. The topological polar surface area (TPSA) is 106 Å². The third-order valence-corrected chi connectivity index (χ3v) is 7.66. The zero-order valence-electron chi connectivity index (χ0n) is 21.8. The SMILES string of the molecule is C=CC(=O)N1CCN(c2nc(OC[C@@H]3CCCN3C)nc3c2CN(Cc2ccccc2)C3=O)C[C@@H]1CC#N. The summed E-state index contributed by atoms with van der Waals surface area (Å²) >= 11 is 0. The highest BCUT2D eigenvalue weighted by Crippen LogP contribution is 2.33. The second kappa shape index (κ2) is 11.2. The molecule has 4 heterocycles. The highest BCUT2D eigenvalue weighted by atomic mass is 16.5. The predicted octanol–water partition coefficient (Wildman–Crippen LogP) is 2.22. The minimum absolute atomic E-state index is 0.149. The molecule has 0 bridgehead atoms. The number of aromatic nitrogens is 2. The number of ether oxygens (including phenoxy) is 1. The lowest BCUT2D eigenvalue weighted by Crippen LogP contribution is -2.55.